The Labute approximate surface area is 183 Å². The molecule has 1 aromatic carbocycles. The molecule has 1 aromatic rings. The van der Waals surface area contributed by atoms with Crippen molar-refractivity contribution in [3.63, 3.8) is 0 Å². The summed E-state index contributed by atoms with van der Waals surface area (Å²) in [5.74, 6) is -3.62. The summed E-state index contributed by atoms with van der Waals surface area (Å²) in [4.78, 5) is 46.8. The number of rotatable bonds is 9. The number of β-lactam (4-membered cyclic amide) rings is 1. The predicted octanol–water partition coefficient (Wildman–Crippen LogP) is 0.887. The fraction of sp³-hybridized carbons (Fsp3) is 0.421. The maximum absolute atomic E-state index is 12.6. The standard InChI is InChI=1S/C19H22N4O7S/c1-9(15-13(17(25)22-15)10(2)21-19(31)29-3)16(24)14(20)18(26)30-8-11-4-6-12(7-5-11)23(27)28/h4-7,9-10,13,15,20H,8H2,1-3H3,(H,21,31)(H,22,25)/t9-,10-,13-,15-/m1/s1. The van der Waals surface area contributed by atoms with Crippen molar-refractivity contribution >= 4 is 46.5 Å². The first-order valence-electron chi connectivity index (χ1n) is 9.24. The zero-order chi connectivity index (χ0) is 23.3. The minimum Gasteiger partial charge on any atom is -0.474 e. The Morgan fingerprint density at radius 1 is 1.32 bits per heavy atom. The SMILES string of the molecule is COC(=S)N[C@H](C)[C@H]1C(=O)N[C@@H]1[C@@H](C)C(=O)C(=N)C(=O)OCc1ccc([N+](=O)[O-])cc1. The largest absolute Gasteiger partial charge is 0.474 e. The van der Waals surface area contributed by atoms with Crippen molar-refractivity contribution in [2.24, 2.45) is 11.8 Å². The van der Waals surface area contributed by atoms with Gasteiger partial charge in [-0.25, -0.2) is 4.79 Å². The summed E-state index contributed by atoms with van der Waals surface area (Å²) < 4.78 is 9.83. The Kier molecular flexibility index (Phi) is 7.75. The van der Waals surface area contributed by atoms with Crippen LogP contribution >= 0.6 is 12.2 Å². The number of non-ortho nitro benzene ring substituents is 1. The number of methoxy groups -OCH3 is 1. The van der Waals surface area contributed by atoms with Crippen LogP contribution in [0.2, 0.25) is 0 Å². The average Bonchev–Trinajstić information content (AvgIpc) is 2.73. The van der Waals surface area contributed by atoms with E-state index in [4.69, 9.17) is 27.1 Å². The number of carbonyl (C=O) groups excluding carboxylic acids is 3. The maximum Gasteiger partial charge on any atom is 0.360 e. The lowest BCUT2D eigenvalue weighted by Gasteiger charge is -2.43. The lowest BCUT2D eigenvalue weighted by molar-refractivity contribution is -0.384. The van der Waals surface area contributed by atoms with Gasteiger partial charge in [0.2, 0.25) is 5.91 Å². The van der Waals surface area contributed by atoms with Crippen LogP contribution in [-0.4, -0.2) is 52.7 Å². The lowest BCUT2D eigenvalue weighted by Crippen LogP contribution is -2.68. The molecule has 31 heavy (non-hydrogen) atoms. The second kappa shape index (κ2) is 10.1. The molecule has 12 heteroatoms. The van der Waals surface area contributed by atoms with Crippen LogP contribution in [0.25, 0.3) is 0 Å². The van der Waals surface area contributed by atoms with Gasteiger partial charge in [0.15, 0.2) is 11.5 Å². The molecule has 1 heterocycles. The highest BCUT2D eigenvalue weighted by Gasteiger charge is 2.48. The lowest BCUT2D eigenvalue weighted by atomic mass is 9.75. The summed E-state index contributed by atoms with van der Waals surface area (Å²) in [7, 11) is 1.39. The van der Waals surface area contributed by atoms with Crippen LogP contribution < -0.4 is 10.6 Å². The monoisotopic (exact) mass is 450 g/mol. The highest BCUT2D eigenvalue weighted by Crippen LogP contribution is 2.26. The molecule has 0 aliphatic carbocycles. The number of hydrogen-bond donors (Lipinski definition) is 3. The second-order valence-corrected chi connectivity index (χ2v) is 7.38. The zero-order valence-corrected chi connectivity index (χ0v) is 17.9. The number of Topliss-reactive ketones (excluding diaryl/α,β-unsaturated/α-hetero) is 1. The topological polar surface area (TPSA) is 161 Å². The van der Waals surface area contributed by atoms with E-state index in [0.717, 1.165) is 0 Å². The quantitative estimate of drug-likeness (QED) is 0.0943. The first kappa shape index (κ1) is 23.9. The summed E-state index contributed by atoms with van der Waals surface area (Å²) in [5, 5.41) is 24.1. The van der Waals surface area contributed by atoms with Gasteiger partial charge in [-0.05, 0) is 36.8 Å². The third-order valence-corrected chi connectivity index (χ3v) is 5.27. The number of nitrogens with zero attached hydrogens (tertiary/aromatic N) is 1. The fourth-order valence-corrected chi connectivity index (χ4v) is 3.34. The van der Waals surface area contributed by atoms with E-state index in [0.29, 0.717) is 5.56 Å². The van der Waals surface area contributed by atoms with Crippen LogP contribution in [-0.2, 0) is 30.5 Å². The number of thiocarbonyl (C=S) groups is 1. The third kappa shape index (κ3) is 5.60. The average molecular weight is 450 g/mol. The van der Waals surface area contributed by atoms with Crippen LogP contribution in [0.3, 0.4) is 0 Å². The molecule has 2 rings (SSSR count). The van der Waals surface area contributed by atoms with Crippen molar-refractivity contribution in [2.75, 3.05) is 7.11 Å². The summed E-state index contributed by atoms with van der Waals surface area (Å²) in [6.07, 6.45) is 0. The van der Waals surface area contributed by atoms with Gasteiger partial charge < -0.3 is 20.1 Å². The molecule has 0 unspecified atom stereocenters. The molecule has 0 saturated carbocycles. The van der Waals surface area contributed by atoms with Gasteiger partial charge in [-0.1, -0.05) is 6.92 Å². The van der Waals surface area contributed by atoms with Crippen molar-refractivity contribution in [3.8, 4) is 0 Å². The molecule has 4 atom stereocenters. The van der Waals surface area contributed by atoms with Crippen molar-refractivity contribution in [2.45, 2.75) is 32.5 Å². The number of ether oxygens (including phenoxy) is 2. The molecule has 0 aromatic heterocycles. The van der Waals surface area contributed by atoms with Gasteiger partial charge in [-0.2, -0.15) is 0 Å². The molecule has 1 amide bonds. The van der Waals surface area contributed by atoms with Gasteiger partial charge in [0, 0.05) is 24.1 Å². The molecular weight excluding hydrogens is 428 g/mol. The zero-order valence-electron chi connectivity index (χ0n) is 17.0. The van der Waals surface area contributed by atoms with E-state index in [-0.39, 0.29) is 23.4 Å². The number of nitro benzene ring substituents is 1. The van der Waals surface area contributed by atoms with Crippen LogP contribution in [0.1, 0.15) is 19.4 Å². The molecular formula is C19H22N4O7S. The van der Waals surface area contributed by atoms with Crippen molar-refractivity contribution in [1.29, 1.82) is 5.41 Å². The Hall–Kier alpha value is -3.41. The molecule has 166 valence electrons. The molecule has 0 radical (unpaired) electrons. The number of amides is 1. The Morgan fingerprint density at radius 2 is 1.94 bits per heavy atom. The number of esters is 1. The maximum atomic E-state index is 12.6. The number of nitrogens with one attached hydrogen (secondary N) is 3. The Morgan fingerprint density at radius 3 is 2.45 bits per heavy atom. The molecule has 1 saturated heterocycles. The number of carbonyl (C=O) groups is 3. The number of hydrogen-bond acceptors (Lipinski definition) is 9. The summed E-state index contributed by atoms with van der Waals surface area (Å²) >= 11 is 4.92. The minimum atomic E-state index is -1.12. The Balaban J connectivity index is 1.94. The molecule has 11 nitrogen and oxygen atoms in total. The predicted molar refractivity (Wildman–Crippen MR) is 112 cm³/mol. The summed E-state index contributed by atoms with van der Waals surface area (Å²) in [5.41, 5.74) is -0.492. The van der Waals surface area contributed by atoms with E-state index in [9.17, 15) is 24.5 Å². The Bertz CT molecular complexity index is 918. The van der Waals surface area contributed by atoms with E-state index in [1.165, 1.54) is 38.3 Å². The first-order valence-corrected chi connectivity index (χ1v) is 9.65. The first-order chi connectivity index (χ1) is 14.6. The molecule has 0 bridgehead atoms. The van der Waals surface area contributed by atoms with Gasteiger partial charge in [0.05, 0.1) is 24.0 Å². The van der Waals surface area contributed by atoms with Gasteiger partial charge in [-0.3, -0.25) is 25.1 Å². The van der Waals surface area contributed by atoms with E-state index < -0.39 is 46.3 Å². The van der Waals surface area contributed by atoms with Crippen molar-refractivity contribution in [3.05, 3.63) is 39.9 Å². The van der Waals surface area contributed by atoms with E-state index in [1.54, 1.807) is 6.92 Å². The van der Waals surface area contributed by atoms with Gasteiger partial charge in [-0.15, -0.1) is 0 Å². The number of benzene rings is 1. The minimum absolute atomic E-state index is 0.104. The van der Waals surface area contributed by atoms with Crippen molar-refractivity contribution in [1.82, 2.24) is 10.6 Å². The molecule has 1 aliphatic rings. The molecule has 1 aliphatic heterocycles. The highest BCUT2D eigenvalue weighted by molar-refractivity contribution is 7.80. The van der Waals surface area contributed by atoms with E-state index >= 15 is 0 Å². The van der Waals surface area contributed by atoms with Gasteiger partial charge in [0.25, 0.3) is 10.9 Å². The van der Waals surface area contributed by atoms with Gasteiger partial charge >= 0.3 is 5.97 Å². The fourth-order valence-electron chi connectivity index (χ4n) is 3.15. The summed E-state index contributed by atoms with van der Waals surface area (Å²) in [6.45, 7) is 2.97. The number of nitro groups is 1. The normalized spacial score (nSPS) is 19.1. The number of ketones is 1. The molecule has 3 N–H and O–H groups in total. The molecule has 1 fully saturated rings. The third-order valence-electron chi connectivity index (χ3n) is 4.99. The second-order valence-electron chi connectivity index (χ2n) is 7.01. The van der Waals surface area contributed by atoms with E-state index in [1.807, 2.05) is 0 Å². The smallest absolute Gasteiger partial charge is 0.360 e. The van der Waals surface area contributed by atoms with Crippen molar-refractivity contribution < 1.29 is 28.8 Å². The van der Waals surface area contributed by atoms with Crippen LogP contribution in [0.15, 0.2) is 24.3 Å². The summed E-state index contributed by atoms with van der Waals surface area (Å²) in [6, 6.07) is 4.31. The van der Waals surface area contributed by atoms with Gasteiger partial charge in [0.1, 0.15) is 6.61 Å². The highest BCUT2D eigenvalue weighted by atomic mass is 32.1. The van der Waals surface area contributed by atoms with Crippen LogP contribution in [0.5, 0.6) is 0 Å². The van der Waals surface area contributed by atoms with Crippen LogP contribution in [0.4, 0.5) is 5.69 Å². The van der Waals surface area contributed by atoms with Crippen LogP contribution in [0, 0.1) is 27.4 Å². The molecule has 0 spiro atoms. The van der Waals surface area contributed by atoms with E-state index in [2.05, 4.69) is 10.6 Å².